The molecule has 8 heteroatoms. The number of benzene rings is 2. The summed E-state index contributed by atoms with van der Waals surface area (Å²) < 4.78 is 18.5. The third-order valence-corrected chi connectivity index (χ3v) is 7.07. The van der Waals surface area contributed by atoms with Gasteiger partial charge >= 0.3 is 5.63 Å². The lowest BCUT2D eigenvalue weighted by atomic mass is 9.98. The Morgan fingerprint density at radius 3 is 2.69 bits per heavy atom. The molecule has 1 aliphatic rings. The highest BCUT2D eigenvalue weighted by molar-refractivity contribution is 5.90. The highest BCUT2D eigenvalue weighted by atomic mass is 16.5. The van der Waals surface area contributed by atoms with E-state index in [4.69, 9.17) is 18.9 Å². The Labute approximate surface area is 203 Å². The number of fused-ring (bicyclic) bond motifs is 2. The molecule has 2 aromatic carbocycles. The van der Waals surface area contributed by atoms with Gasteiger partial charge in [-0.15, -0.1) is 0 Å². The second kappa shape index (κ2) is 9.09. The van der Waals surface area contributed by atoms with Gasteiger partial charge in [0, 0.05) is 19.0 Å². The molecule has 0 radical (unpaired) electrons. The molecule has 1 amide bonds. The summed E-state index contributed by atoms with van der Waals surface area (Å²) in [6.07, 6.45) is 2.76. The van der Waals surface area contributed by atoms with Gasteiger partial charge in [0.2, 0.25) is 11.7 Å². The predicted octanol–water partition coefficient (Wildman–Crippen LogP) is 4.30. The summed E-state index contributed by atoms with van der Waals surface area (Å²) in [5.74, 6) is 1.61. The number of rotatable bonds is 5. The van der Waals surface area contributed by atoms with Crippen LogP contribution in [0.25, 0.3) is 22.0 Å². The van der Waals surface area contributed by atoms with Gasteiger partial charge in [0.05, 0.1) is 43.3 Å². The van der Waals surface area contributed by atoms with E-state index in [-0.39, 0.29) is 18.4 Å². The van der Waals surface area contributed by atoms with Crippen LogP contribution in [0.1, 0.15) is 42.3 Å². The van der Waals surface area contributed by atoms with Gasteiger partial charge in [-0.3, -0.25) is 4.79 Å². The van der Waals surface area contributed by atoms with Crippen molar-refractivity contribution < 1.29 is 18.7 Å². The second-order valence-electron chi connectivity index (χ2n) is 8.96. The van der Waals surface area contributed by atoms with Crippen LogP contribution in [0.4, 0.5) is 0 Å². The summed E-state index contributed by atoms with van der Waals surface area (Å²) in [4.78, 5) is 33.3. The van der Waals surface area contributed by atoms with Crippen molar-refractivity contribution in [3.63, 3.8) is 0 Å². The SMILES string of the molecule is COc1ccc2c(C)c(CC(=O)N3CCCC[C@@H]3c3nc4ccccc4n3C)c(=O)oc2c1OC. The fourth-order valence-corrected chi connectivity index (χ4v) is 5.18. The third-order valence-electron chi connectivity index (χ3n) is 7.07. The maximum absolute atomic E-state index is 13.6. The van der Waals surface area contributed by atoms with Gasteiger partial charge in [-0.1, -0.05) is 12.1 Å². The van der Waals surface area contributed by atoms with Crippen molar-refractivity contribution >= 4 is 27.9 Å². The van der Waals surface area contributed by atoms with Crippen LogP contribution >= 0.6 is 0 Å². The van der Waals surface area contributed by atoms with Crippen LogP contribution in [0.15, 0.2) is 45.6 Å². The molecule has 0 bridgehead atoms. The van der Waals surface area contributed by atoms with Crippen LogP contribution in [0, 0.1) is 6.92 Å². The van der Waals surface area contributed by atoms with Gasteiger partial charge < -0.3 is 23.4 Å². The first-order valence-electron chi connectivity index (χ1n) is 11.8. The van der Waals surface area contributed by atoms with Crippen LogP contribution in [-0.4, -0.2) is 41.1 Å². The smallest absolute Gasteiger partial charge is 0.340 e. The number of carbonyl (C=O) groups excluding carboxylic acids is 1. The Hall–Kier alpha value is -3.81. The van der Waals surface area contributed by atoms with Crippen LogP contribution in [0.3, 0.4) is 0 Å². The summed E-state index contributed by atoms with van der Waals surface area (Å²) in [6, 6.07) is 11.4. The molecule has 2 aromatic heterocycles. The van der Waals surface area contributed by atoms with Gasteiger partial charge in [0.25, 0.3) is 0 Å². The largest absolute Gasteiger partial charge is 0.493 e. The molecular formula is C27H29N3O5. The van der Waals surface area contributed by atoms with Crippen molar-refractivity contribution in [2.75, 3.05) is 20.8 Å². The van der Waals surface area contributed by atoms with E-state index in [0.717, 1.165) is 41.5 Å². The van der Waals surface area contributed by atoms with Crippen molar-refractivity contribution in [2.45, 2.75) is 38.6 Å². The molecule has 0 N–H and O–H groups in total. The summed E-state index contributed by atoms with van der Waals surface area (Å²) in [5.41, 5.74) is 2.81. The van der Waals surface area contributed by atoms with Gasteiger partial charge in [-0.05, 0) is 56.0 Å². The number of amides is 1. The number of likely N-dealkylation sites (tertiary alicyclic amines) is 1. The molecule has 1 aliphatic heterocycles. The van der Waals surface area contributed by atoms with Gasteiger partial charge in [0.1, 0.15) is 5.82 Å². The Morgan fingerprint density at radius 1 is 1.14 bits per heavy atom. The van der Waals surface area contributed by atoms with Crippen LogP contribution < -0.4 is 15.1 Å². The number of imidazole rings is 1. The highest BCUT2D eigenvalue weighted by Crippen LogP contribution is 2.37. The number of carbonyl (C=O) groups is 1. The Morgan fingerprint density at radius 2 is 1.94 bits per heavy atom. The lowest BCUT2D eigenvalue weighted by Gasteiger charge is -2.35. The predicted molar refractivity (Wildman–Crippen MR) is 133 cm³/mol. The molecule has 8 nitrogen and oxygen atoms in total. The average molecular weight is 476 g/mol. The van der Waals surface area contributed by atoms with E-state index in [1.54, 1.807) is 6.07 Å². The number of nitrogens with zero attached hydrogens (tertiary/aromatic N) is 3. The van der Waals surface area contributed by atoms with Crippen molar-refractivity contribution in [2.24, 2.45) is 7.05 Å². The van der Waals surface area contributed by atoms with E-state index in [9.17, 15) is 9.59 Å². The number of piperidine rings is 1. The van der Waals surface area contributed by atoms with Crippen molar-refractivity contribution in [3.05, 3.63) is 63.8 Å². The van der Waals surface area contributed by atoms with Crippen LogP contribution in [-0.2, 0) is 18.3 Å². The minimum absolute atomic E-state index is 0.0289. The fraction of sp³-hybridized carbons (Fsp3) is 0.370. The first-order valence-corrected chi connectivity index (χ1v) is 11.8. The average Bonchev–Trinajstić information content (AvgIpc) is 3.22. The number of aromatic nitrogens is 2. The molecule has 0 unspecified atom stereocenters. The molecule has 1 fully saturated rings. The fourth-order valence-electron chi connectivity index (χ4n) is 5.18. The first-order chi connectivity index (χ1) is 16.9. The van der Waals surface area contributed by atoms with Gasteiger partial charge in [-0.2, -0.15) is 0 Å². The third kappa shape index (κ3) is 3.83. The molecule has 3 heterocycles. The van der Waals surface area contributed by atoms with Crippen LogP contribution in [0.5, 0.6) is 11.5 Å². The van der Waals surface area contributed by atoms with E-state index in [1.807, 2.05) is 49.2 Å². The van der Waals surface area contributed by atoms with Gasteiger partial charge in [0.15, 0.2) is 11.3 Å². The van der Waals surface area contributed by atoms with Crippen molar-refractivity contribution in [1.82, 2.24) is 14.5 Å². The standard InChI is InChI=1S/C27H29N3O5/c1-16-17-12-13-22(33-3)25(34-4)24(17)35-27(32)18(16)15-23(31)30-14-8-7-11-21(30)26-28-19-9-5-6-10-20(19)29(26)2/h5-6,9-10,12-13,21H,7-8,11,14-15H2,1-4H3/t21-/m1/s1. The normalized spacial score (nSPS) is 16.1. The highest BCUT2D eigenvalue weighted by Gasteiger charge is 2.32. The van der Waals surface area contributed by atoms with E-state index < -0.39 is 5.63 Å². The molecule has 0 spiro atoms. The zero-order valence-electron chi connectivity index (χ0n) is 20.5. The molecule has 1 atom stereocenters. The van der Waals surface area contributed by atoms with Crippen LogP contribution in [0.2, 0.25) is 0 Å². The zero-order valence-corrected chi connectivity index (χ0v) is 20.5. The topological polar surface area (TPSA) is 86.8 Å². The Balaban J connectivity index is 1.51. The van der Waals surface area contributed by atoms with E-state index in [2.05, 4.69) is 4.57 Å². The van der Waals surface area contributed by atoms with E-state index >= 15 is 0 Å². The van der Waals surface area contributed by atoms with Gasteiger partial charge in [-0.25, -0.2) is 9.78 Å². The van der Waals surface area contributed by atoms with Crippen molar-refractivity contribution in [1.29, 1.82) is 0 Å². The number of hydrogen-bond donors (Lipinski definition) is 0. The molecular weight excluding hydrogens is 446 g/mol. The van der Waals surface area contributed by atoms with E-state index in [0.29, 0.717) is 34.8 Å². The molecule has 0 saturated carbocycles. The number of ether oxygens (including phenoxy) is 2. The maximum atomic E-state index is 13.6. The molecule has 35 heavy (non-hydrogen) atoms. The number of para-hydroxylation sites is 2. The Bertz CT molecular complexity index is 1490. The second-order valence-corrected chi connectivity index (χ2v) is 8.96. The zero-order chi connectivity index (χ0) is 24.7. The quantitative estimate of drug-likeness (QED) is 0.400. The monoisotopic (exact) mass is 475 g/mol. The molecule has 1 saturated heterocycles. The number of methoxy groups -OCH3 is 2. The number of hydrogen-bond acceptors (Lipinski definition) is 6. The first kappa shape index (κ1) is 23.0. The summed E-state index contributed by atoms with van der Waals surface area (Å²) >= 11 is 0. The van der Waals surface area contributed by atoms with Crippen molar-refractivity contribution in [3.8, 4) is 11.5 Å². The Kier molecular flexibility index (Phi) is 5.96. The summed E-state index contributed by atoms with van der Waals surface area (Å²) in [5, 5.41) is 0.718. The maximum Gasteiger partial charge on any atom is 0.340 e. The minimum atomic E-state index is -0.536. The van der Waals surface area contributed by atoms with E-state index in [1.165, 1.54) is 14.2 Å². The molecule has 182 valence electrons. The number of aryl methyl sites for hydroxylation is 2. The molecule has 4 aromatic rings. The lowest BCUT2D eigenvalue weighted by Crippen LogP contribution is -2.41. The summed E-state index contributed by atoms with van der Waals surface area (Å²) in [6.45, 7) is 2.47. The molecule has 5 rings (SSSR count). The summed E-state index contributed by atoms with van der Waals surface area (Å²) in [7, 11) is 5.02. The lowest BCUT2D eigenvalue weighted by molar-refractivity contribution is -0.134. The minimum Gasteiger partial charge on any atom is -0.493 e. The molecule has 0 aliphatic carbocycles.